The third-order valence-electron chi connectivity index (χ3n) is 5.01. The predicted molar refractivity (Wildman–Crippen MR) is 123 cm³/mol. The van der Waals surface area contributed by atoms with E-state index in [-0.39, 0.29) is 12.2 Å². The molecule has 0 saturated carbocycles. The number of carbonyl (C=O) groups excluding carboxylic acids is 3. The molecule has 0 aliphatic carbocycles. The number of rotatable bonds is 6. The number of amides is 1. The van der Waals surface area contributed by atoms with Gasteiger partial charge in [0.2, 0.25) is 0 Å². The summed E-state index contributed by atoms with van der Waals surface area (Å²) in [6.45, 7) is 1.43. The molecule has 0 heterocycles. The first-order valence-corrected chi connectivity index (χ1v) is 10.2. The second-order valence-electron chi connectivity index (χ2n) is 7.08. The van der Waals surface area contributed by atoms with Gasteiger partial charge in [0.15, 0.2) is 6.61 Å². The standard InChI is InChI=1S/C26H21NO5/c1-2-31-25(29)21-13-7-8-14-22(21)27-23(28)16-32-26(30)24-19-11-5-3-9-17(19)15-18-10-4-6-12-20(18)24/h3-15H,2,16H2,1H3,(H,27,28). The Balaban J connectivity index is 1.54. The number of esters is 2. The van der Waals surface area contributed by atoms with Gasteiger partial charge >= 0.3 is 11.9 Å². The Hall–Kier alpha value is -4.19. The molecular weight excluding hydrogens is 406 g/mol. The van der Waals surface area contributed by atoms with Gasteiger partial charge in [0.05, 0.1) is 23.4 Å². The average Bonchev–Trinajstić information content (AvgIpc) is 2.81. The van der Waals surface area contributed by atoms with Gasteiger partial charge in [-0.15, -0.1) is 0 Å². The van der Waals surface area contributed by atoms with Crippen molar-refractivity contribution in [2.45, 2.75) is 6.92 Å². The highest BCUT2D eigenvalue weighted by Crippen LogP contribution is 2.29. The van der Waals surface area contributed by atoms with Crippen LogP contribution in [0.2, 0.25) is 0 Å². The van der Waals surface area contributed by atoms with Gasteiger partial charge in [0.25, 0.3) is 5.91 Å². The molecule has 4 aromatic rings. The Morgan fingerprint density at radius 1 is 0.750 bits per heavy atom. The van der Waals surface area contributed by atoms with Crippen molar-refractivity contribution in [3.8, 4) is 0 Å². The summed E-state index contributed by atoms with van der Waals surface area (Å²) in [6, 6.07) is 23.6. The van der Waals surface area contributed by atoms with Crippen molar-refractivity contribution < 1.29 is 23.9 Å². The Labute approximate surface area is 184 Å². The first-order valence-electron chi connectivity index (χ1n) is 10.2. The lowest BCUT2D eigenvalue weighted by Gasteiger charge is -2.12. The van der Waals surface area contributed by atoms with Crippen LogP contribution in [0, 0.1) is 0 Å². The maximum atomic E-state index is 13.0. The van der Waals surface area contributed by atoms with Gasteiger partial charge in [-0.05, 0) is 46.7 Å². The lowest BCUT2D eigenvalue weighted by molar-refractivity contribution is -0.119. The van der Waals surface area contributed by atoms with Gasteiger partial charge in [-0.25, -0.2) is 9.59 Å². The van der Waals surface area contributed by atoms with Crippen molar-refractivity contribution in [2.75, 3.05) is 18.5 Å². The molecule has 0 atom stereocenters. The van der Waals surface area contributed by atoms with E-state index in [2.05, 4.69) is 5.32 Å². The van der Waals surface area contributed by atoms with E-state index in [9.17, 15) is 14.4 Å². The summed E-state index contributed by atoms with van der Waals surface area (Å²) in [5.41, 5.74) is 0.940. The molecule has 4 aromatic carbocycles. The van der Waals surface area contributed by atoms with Crippen molar-refractivity contribution in [2.24, 2.45) is 0 Å². The Bertz CT molecular complexity index is 1270. The van der Waals surface area contributed by atoms with Crippen LogP contribution >= 0.6 is 0 Å². The molecule has 160 valence electrons. The van der Waals surface area contributed by atoms with E-state index in [0.717, 1.165) is 21.5 Å². The van der Waals surface area contributed by atoms with Gasteiger partial charge < -0.3 is 14.8 Å². The van der Waals surface area contributed by atoms with Crippen LogP contribution in [-0.2, 0) is 14.3 Å². The Morgan fingerprint density at radius 2 is 1.34 bits per heavy atom. The fourth-order valence-corrected chi connectivity index (χ4v) is 3.60. The van der Waals surface area contributed by atoms with Gasteiger partial charge in [0.1, 0.15) is 0 Å². The van der Waals surface area contributed by atoms with Crippen molar-refractivity contribution in [1.29, 1.82) is 0 Å². The molecule has 0 radical (unpaired) electrons. The number of benzene rings is 4. The van der Waals surface area contributed by atoms with E-state index >= 15 is 0 Å². The van der Waals surface area contributed by atoms with Crippen molar-refractivity contribution in [1.82, 2.24) is 0 Å². The first-order chi connectivity index (χ1) is 15.6. The third kappa shape index (κ3) is 4.30. The van der Waals surface area contributed by atoms with Crippen LogP contribution in [0.1, 0.15) is 27.6 Å². The number of fused-ring (bicyclic) bond motifs is 2. The normalized spacial score (nSPS) is 10.7. The number of para-hydroxylation sites is 1. The molecule has 1 amide bonds. The number of carbonyl (C=O) groups is 3. The second-order valence-corrected chi connectivity index (χ2v) is 7.08. The smallest absolute Gasteiger partial charge is 0.340 e. The topological polar surface area (TPSA) is 81.7 Å². The molecular formula is C26H21NO5. The maximum absolute atomic E-state index is 13.0. The number of ether oxygens (including phenoxy) is 2. The lowest BCUT2D eigenvalue weighted by atomic mass is 9.97. The molecule has 0 unspecified atom stereocenters. The predicted octanol–water partition coefficient (Wildman–Crippen LogP) is 4.97. The van der Waals surface area contributed by atoms with E-state index < -0.39 is 24.5 Å². The molecule has 6 heteroatoms. The second kappa shape index (κ2) is 9.31. The molecule has 0 aliphatic heterocycles. The first kappa shape index (κ1) is 21.1. The molecule has 4 rings (SSSR count). The van der Waals surface area contributed by atoms with Gasteiger partial charge in [-0.3, -0.25) is 4.79 Å². The third-order valence-corrected chi connectivity index (χ3v) is 5.01. The minimum Gasteiger partial charge on any atom is -0.462 e. The van der Waals surface area contributed by atoms with E-state index in [1.807, 2.05) is 54.6 Å². The van der Waals surface area contributed by atoms with Crippen LogP contribution in [0.25, 0.3) is 21.5 Å². The molecule has 0 saturated heterocycles. The molecule has 0 spiro atoms. The van der Waals surface area contributed by atoms with Gasteiger partial charge in [0, 0.05) is 0 Å². The van der Waals surface area contributed by atoms with Crippen LogP contribution in [0.5, 0.6) is 0 Å². The summed E-state index contributed by atoms with van der Waals surface area (Å²) < 4.78 is 10.4. The zero-order valence-electron chi connectivity index (χ0n) is 17.5. The lowest BCUT2D eigenvalue weighted by Crippen LogP contribution is -2.22. The molecule has 0 fully saturated rings. The summed E-state index contributed by atoms with van der Waals surface area (Å²) in [5.74, 6) is -1.69. The molecule has 1 N–H and O–H groups in total. The zero-order valence-corrected chi connectivity index (χ0v) is 17.5. The Morgan fingerprint density at radius 3 is 2.00 bits per heavy atom. The highest BCUT2D eigenvalue weighted by Gasteiger charge is 2.19. The molecule has 32 heavy (non-hydrogen) atoms. The monoisotopic (exact) mass is 427 g/mol. The highest BCUT2D eigenvalue weighted by atomic mass is 16.5. The van der Waals surface area contributed by atoms with Crippen molar-refractivity contribution in [3.63, 3.8) is 0 Å². The molecule has 6 nitrogen and oxygen atoms in total. The van der Waals surface area contributed by atoms with Gasteiger partial charge in [-0.1, -0.05) is 60.7 Å². The maximum Gasteiger partial charge on any atom is 0.340 e. The van der Waals surface area contributed by atoms with Crippen LogP contribution in [-0.4, -0.2) is 31.1 Å². The van der Waals surface area contributed by atoms with Crippen LogP contribution < -0.4 is 5.32 Å². The quantitative estimate of drug-likeness (QED) is 0.347. The zero-order chi connectivity index (χ0) is 22.5. The summed E-state index contributed by atoms with van der Waals surface area (Å²) >= 11 is 0. The fraction of sp³-hybridized carbons (Fsp3) is 0.115. The van der Waals surface area contributed by atoms with Crippen LogP contribution in [0.4, 0.5) is 5.69 Å². The van der Waals surface area contributed by atoms with Crippen molar-refractivity contribution in [3.05, 3.63) is 90.0 Å². The van der Waals surface area contributed by atoms with E-state index in [4.69, 9.17) is 9.47 Å². The molecule has 0 aromatic heterocycles. The number of hydrogen-bond donors (Lipinski definition) is 1. The molecule has 0 bridgehead atoms. The van der Waals surface area contributed by atoms with Crippen LogP contribution in [0.3, 0.4) is 0 Å². The summed E-state index contributed by atoms with van der Waals surface area (Å²) in [6.07, 6.45) is 0. The van der Waals surface area contributed by atoms with E-state index in [1.165, 1.54) is 0 Å². The fourth-order valence-electron chi connectivity index (χ4n) is 3.60. The van der Waals surface area contributed by atoms with Crippen LogP contribution in [0.15, 0.2) is 78.9 Å². The Kier molecular flexibility index (Phi) is 6.12. The van der Waals surface area contributed by atoms with E-state index in [0.29, 0.717) is 11.3 Å². The number of nitrogens with one attached hydrogen (secondary N) is 1. The van der Waals surface area contributed by atoms with Crippen molar-refractivity contribution >= 4 is 45.1 Å². The van der Waals surface area contributed by atoms with E-state index in [1.54, 1.807) is 31.2 Å². The van der Waals surface area contributed by atoms with Gasteiger partial charge in [-0.2, -0.15) is 0 Å². The number of hydrogen-bond acceptors (Lipinski definition) is 5. The SMILES string of the molecule is CCOC(=O)c1ccccc1NC(=O)COC(=O)c1c2ccccc2cc2ccccc12. The minimum atomic E-state index is -0.591. The summed E-state index contributed by atoms with van der Waals surface area (Å²) in [7, 11) is 0. The summed E-state index contributed by atoms with van der Waals surface area (Å²) in [5, 5.41) is 5.94. The minimum absolute atomic E-state index is 0.220. The average molecular weight is 427 g/mol. The highest BCUT2D eigenvalue weighted by molar-refractivity contribution is 6.17. The summed E-state index contributed by atoms with van der Waals surface area (Å²) in [4.78, 5) is 37.6. The number of anilines is 1. The largest absolute Gasteiger partial charge is 0.462 e. The molecule has 0 aliphatic rings.